The van der Waals surface area contributed by atoms with Crippen LogP contribution in [0.1, 0.15) is 24.0 Å². The van der Waals surface area contributed by atoms with Crippen molar-refractivity contribution in [3.8, 4) is 0 Å². The predicted molar refractivity (Wildman–Crippen MR) is 127 cm³/mol. The fourth-order valence-corrected chi connectivity index (χ4v) is 2.57. The summed E-state index contributed by atoms with van der Waals surface area (Å²) in [5.74, 6) is -0.561. The first-order valence-corrected chi connectivity index (χ1v) is 9.30. The number of rotatable bonds is 9. The highest BCUT2D eigenvalue weighted by molar-refractivity contribution is 6.03. The summed E-state index contributed by atoms with van der Waals surface area (Å²) in [6.45, 7) is 1.60. The summed E-state index contributed by atoms with van der Waals surface area (Å²) in [5, 5.41) is 9.03. The second-order valence-corrected chi connectivity index (χ2v) is 7.21. The average molecular weight is 459 g/mol. The maximum absolute atomic E-state index is 13.3. The van der Waals surface area contributed by atoms with Gasteiger partial charge >= 0.3 is 0 Å². The Hall–Kier alpha value is -1.86. The zero-order valence-corrected chi connectivity index (χ0v) is 19.4. The van der Waals surface area contributed by atoms with Gasteiger partial charge in [-0.2, -0.15) is 10.2 Å². The van der Waals surface area contributed by atoms with Gasteiger partial charge in [-0.3, -0.25) is 0 Å². The molecule has 0 spiro atoms. The van der Waals surface area contributed by atoms with Gasteiger partial charge in [-0.25, -0.2) is 8.78 Å². The molecule has 2 aromatic carbocycles. The Bertz CT molecular complexity index is 735. The van der Waals surface area contributed by atoms with Gasteiger partial charge in [0.1, 0.15) is 11.6 Å². The van der Waals surface area contributed by atoms with Crippen molar-refractivity contribution in [1.82, 2.24) is 9.80 Å². The van der Waals surface area contributed by atoms with Gasteiger partial charge in [0, 0.05) is 25.9 Å². The van der Waals surface area contributed by atoms with E-state index in [0.29, 0.717) is 12.8 Å². The zero-order chi connectivity index (χ0) is 20.5. The fraction of sp³-hybridized carbons (Fsp3) is 0.364. The van der Waals surface area contributed by atoms with Crippen molar-refractivity contribution in [1.29, 1.82) is 0 Å². The third kappa shape index (κ3) is 9.76. The van der Waals surface area contributed by atoms with Crippen LogP contribution in [0.25, 0.3) is 0 Å². The molecule has 0 N–H and O–H groups in total. The summed E-state index contributed by atoms with van der Waals surface area (Å²) in [6.07, 6.45) is 1.37. The van der Waals surface area contributed by atoms with Crippen LogP contribution in [-0.4, -0.2) is 62.5 Å². The van der Waals surface area contributed by atoms with Gasteiger partial charge in [0.15, 0.2) is 0 Å². The molecule has 30 heavy (non-hydrogen) atoms. The highest BCUT2D eigenvalue weighted by Gasteiger charge is 2.08. The third-order valence-corrected chi connectivity index (χ3v) is 4.24. The Kier molecular flexibility index (Phi) is 13.3. The monoisotopic (exact) mass is 458 g/mol. The molecule has 0 heterocycles. The minimum Gasteiger partial charge on any atom is -0.309 e. The largest absolute Gasteiger partial charge is 0.309 e. The smallest absolute Gasteiger partial charge is 0.123 e. The minimum atomic E-state index is -0.280. The van der Waals surface area contributed by atoms with Crippen molar-refractivity contribution >= 4 is 36.2 Å². The van der Waals surface area contributed by atoms with Gasteiger partial charge in [-0.15, -0.1) is 24.8 Å². The van der Waals surface area contributed by atoms with E-state index in [1.54, 1.807) is 24.3 Å². The van der Waals surface area contributed by atoms with Crippen molar-refractivity contribution in [2.45, 2.75) is 12.8 Å². The summed E-state index contributed by atoms with van der Waals surface area (Å²) < 4.78 is 26.6. The summed E-state index contributed by atoms with van der Waals surface area (Å²) in [4.78, 5) is 4.13. The molecule has 0 aliphatic rings. The van der Waals surface area contributed by atoms with E-state index in [2.05, 4.69) is 20.0 Å². The molecule has 0 saturated heterocycles. The van der Waals surface area contributed by atoms with Crippen LogP contribution < -0.4 is 0 Å². The van der Waals surface area contributed by atoms with Crippen LogP contribution in [0.2, 0.25) is 0 Å². The van der Waals surface area contributed by atoms with E-state index < -0.39 is 0 Å². The molecular weight excluding hydrogens is 429 g/mol. The van der Waals surface area contributed by atoms with Crippen LogP contribution in [0, 0.1) is 11.6 Å². The molecule has 0 unspecified atom stereocenters. The molecule has 0 amide bonds. The number of benzene rings is 2. The first-order chi connectivity index (χ1) is 13.3. The molecule has 0 aromatic heterocycles. The summed E-state index contributed by atoms with van der Waals surface area (Å²) in [7, 11) is 7.97. The van der Waals surface area contributed by atoms with Crippen LogP contribution in [0.3, 0.4) is 0 Å². The van der Waals surface area contributed by atoms with E-state index in [1.165, 1.54) is 24.3 Å². The van der Waals surface area contributed by atoms with Crippen molar-refractivity contribution in [2.75, 3.05) is 41.3 Å². The second-order valence-electron chi connectivity index (χ2n) is 7.21. The maximum atomic E-state index is 13.3. The molecule has 2 aromatic rings. The standard InChI is InChI=1S/C22H28F2N4.2ClH/c1-27(2)15-13-21(17-5-9-19(23)10-6-17)25-26-22(14-16-28(3)4)18-7-11-20(24)12-8-18;;/h5-12H,13-16H2,1-4H3;2*1H/b25-21-,26-22+;;. The topological polar surface area (TPSA) is 31.2 Å². The van der Waals surface area contributed by atoms with E-state index in [-0.39, 0.29) is 36.4 Å². The van der Waals surface area contributed by atoms with Crippen LogP contribution >= 0.6 is 24.8 Å². The molecule has 0 fully saturated rings. The number of hydrogen-bond acceptors (Lipinski definition) is 4. The molecule has 2 rings (SSSR count). The van der Waals surface area contributed by atoms with E-state index in [0.717, 1.165) is 35.6 Å². The Morgan fingerprint density at radius 3 is 1.20 bits per heavy atom. The maximum Gasteiger partial charge on any atom is 0.123 e. The Labute approximate surface area is 190 Å². The van der Waals surface area contributed by atoms with E-state index in [9.17, 15) is 8.78 Å². The van der Waals surface area contributed by atoms with E-state index in [1.807, 2.05) is 28.2 Å². The molecule has 0 atom stereocenters. The molecule has 0 radical (unpaired) electrons. The SMILES string of the molecule is CN(C)CC/C(=N/N=C(\CCN(C)C)c1ccc(F)cc1)c1ccc(F)cc1.Cl.Cl. The van der Waals surface area contributed by atoms with Crippen molar-refractivity contribution < 1.29 is 8.78 Å². The normalized spacial score (nSPS) is 12.0. The van der Waals surface area contributed by atoms with Crippen LogP contribution in [0.4, 0.5) is 8.78 Å². The van der Waals surface area contributed by atoms with Gasteiger partial charge in [0.05, 0.1) is 11.4 Å². The highest BCUT2D eigenvalue weighted by atomic mass is 35.5. The first kappa shape index (κ1) is 28.1. The van der Waals surface area contributed by atoms with Crippen LogP contribution in [0.15, 0.2) is 58.7 Å². The predicted octanol–water partition coefficient (Wildman–Crippen LogP) is 4.91. The van der Waals surface area contributed by atoms with Crippen molar-refractivity contribution in [3.63, 3.8) is 0 Å². The van der Waals surface area contributed by atoms with Gasteiger partial charge in [-0.1, -0.05) is 24.3 Å². The van der Waals surface area contributed by atoms with Crippen molar-refractivity contribution in [2.24, 2.45) is 10.2 Å². The highest BCUT2D eigenvalue weighted by Crippen LogP contribution is 2.11. The van der Waals surface area contributed by atoms with Crippen LogP contribution in [-0.2, 0) is 0 Å². The number of halogens is 4. The minimum absolute atomic E-state index is 0. The zero-order valence-electron chi connectivity index (χ0n) is 17.8. The molecule has 0 aliphatic heterocycles. The van der Waals surface area contributed by atoms with Gasteiger partial charge in [0.2, 0.25) is 0 Å². The van der Waals surface area contributed by atoms with E-state index in [4.69, 9.17) is 0 Å². The number of hydrogen-bond donors (Lipinski definition) is 0. The second kappa shape index (κ2) is 14.2. The third-order valence-electron chi connectivity index (χ3n) is 4.24. The lowest BCUT2D eigenvalue weighted by atomic mass is 10.1. The molecule has 0 aliphatic carbocycles. The fourth-order valence-electron chi connectivity index (χ4n) is 2.57. The molecule has 0 bridgehead atoms. The molecule has 4 nitrogen and oxygen atoms in total. The molecule has 166 valence electrons. The Balaban J connectivity index is 0.00000420. The summed E-state index contributed by atoms with van der Waals surface area (Å²) in [5.41, 5.74) is 3.27. The summed E-state index contributed by atoms with van der Waals surface area (Å²) in [6, 6.07) is 12.6. The quantitative estimate of drug-likeness (QED) is 0.395. The van der Waals surface area contributed by atoms with Gasteiger partial charge in [-0.05, 0) is 63.6 Å². The number of nitrogens with zero attached hydrogens (tertiary/aromatic N) is 4. The molecular formula is C22H30Cl2F2N4. The lowest BCUT2D eigenvalue weighted by molar-refractivity contribution is 0.421. The first-order valence-electron chi connectivity index (χ1n) is 9.30. The molecule has 8 heteroatoms. The lowest BCUT2D eigenvalue weighted by Crippen LogP contribution is -2.18. The lowest BCUT2D eigenvalue weighted by Gasteiger charge is -2.12. The van der Waals surface area contributed by atoms with Crippen LogP contribution in [0.5, 0.6) is 0 Å². The van der Waals surface area contributed by atoms with Gasteiger partial charge < -0.3 is 9.80 Å². The average Bonchev–Trinajstić information content (AvgIpc) is 2.65. The van der Waals surface area contributed by atoms with Gasteiger partial charge in [0.25, 0.3) is 0 Å². The van der Waals surface area contributed by atoms with E-state index >= 15 is 0 Å². The Morgan fingerprint density at radius 2 is 0.933 bits per heavy atom. The Morgan fingerprint density at radius 1 is 0.633 bits per heavy atom. The molecule has 0 saturated carbocycles. The van der Waals surface area contributed by atoms with Crippen molar-refractivity contribution in [3.05, 3.63) is 71.3 Å². The summed E-state index contributed by atoms with van der Waals surface area (Å²) >= 11 is 0.